The molecule has 3 N–H and O–H groups in total. The Labute approximate surface area is 135 Å². The van der Waals surface area contributed by atoms with Gasteiger partial charge < -0.3 is 16.0 Å². The van der Waals surface area contributed by atoms with Crippen LogP contribution in [0.4, 0.5) is 4.79 Å². The van der Waals surface area contributed by atoms with Crippen molar-refractivity contribution in [3.8, 4) is 0 Å². The number of benzene rings is 1. The average molecular weight is 322 g/mol. The molecule has 1 aromatic carbocycles. The van der Waals surface area contributed by atoms with Crippen LogP contribution in [0.5, 0.6) is 0 Å². The average Bonchev–Trinajstić information content (AvgIpc) is 2.48. The Morgan fingerprint density at radius 1 is 1.32 bits per heavy atom. The van der Waals surface area contributed by atoms with Crippen molar-refractivity contribution in [1.82, 2.24) is 10.2 Å². The normalized spacial score (nSPS) is 16.5. The van der Waals surface area contributed by atoms with Crippen LogP contribution in [0, 0.1) is 0 Å². The summed E-state index contributed by atoms with van der Waals surface area (Å²) in [6.45, 7) is 3.01. The van der Waals surface area contributed by atoms with E-state index in [4.69, 9.17) is 17.3 Å². The summed E-state index contributed by atoms with van der Waals surface area (Å²) >= 11 is 6.12. The van der Waals surface area contributed by atoms with E-state index in [1.165, 1.54) is 0 Å². The summed E-state index contributed by atoms with van der Waals surface area (Å²) in [7, 11) is 0. The Balaban J connectivity index is 1.92. The Morgan fingerprint density at radius 3 is 2.55 bits per heavy atom. The molecule has 0 atom stereocenters. The van der Waals surface area contributed by atoms with Gasteiger partial charge in [-0.05, 0) is 37.0 Å². The SMILES string of the molecule is C/C(=C/C(=O)NC1CCN(C(N)=O)CC1)c1ccccc1Cl. The van der Waals surface area contributed by atoms with Crippen molar-refractivity contribution in [1.29, 1.82) is 0 Å². The maximum atomic E-state index is 12.1. The molecule has 22 heavy (non-hydrogen) atoms. The van der Waals surface area contributed by atoms with Gasteiger partial charge in [0.1, 0.15) is 0 Å². The van der Waals surface area contributed by atoms with Crippen molar-refractivity contribution in [2.24, 2.45) is 5.73 Å². The van der Waals surface area contributed by atoms with Crippen LogP contribution in [0.15, 0.2) is 30.3 Å². The number of amides is 3. The molecular weight excluding hydrogens is 302 g/mol. The molecule has 6 heteroatoms. The second kappa shape index (κ2) is 7.31. The van der Waals surface area contributed by atoms with E-state index in [1.807, 2.05) is 25.1 Å². The maximum Gasteiger partial charge on any atom is 0.314 e. The number of halogens is 1. The van der Waals surface area contributed by atoms with Gasteiger partial charge in [0.15, 0.2) is 0 Å². The van der Waals surface area contributed by atoms with Crippen molar-refractivity contribution in [3.05, 3.63) is 40.9 Å². The predicted octanol–water partition coefficient (Wildman–Crippen LogP) is 2.40. The first-order valence-electron chi connectivity index (χ1n) is 7.25. The molecule has 0 unspecified atom stereocenters. The van der Waals surface area contributed by atoms with Crippen LogP contribution in [-0.2, 0) is 4.79 Å². The van der Waals surface area contributed by atoms with E-state index in [1.54, 1.807) is 17.0 Å². The third-order valence-electron chi connectivity index (χ3n) is 3.80. The fourth-order valence-corrected chi connectivity index (χ4v) is 2.83. The molecule has 5 nitrogen and oxygen atoms in total. The van der Waals surface area contributed by atoms with Gasteiger partial charge >= 0.3 is 6.03 Å². The molecule has 2 rings (SSSR count). The molecule has 3 amide bonds. The zero-order chi connectivity index (χ0) is 16.1. The van der Waals surface area contributed by atoms with Gasteiger partial charge in [0.25, 0.3) is 0 Å². The lowest BCUT2D eigenvalue weighted by Gasteiger charge is -2.30. The quantitative estimate of drug-likeness (QED) is 0.839. The second-order valence-corrected chi connectivity index (χ2v) is 5.82. The minimum absolute atomic E-state index is 0.0680. The van der Waals surface area contributed by atoms with E-state index < -0.39 is 6.03 Å². The standard InChI is InChI=1S/C16H20ClN3O2/c1-11(13-4-2-3-5-14(13)17)10-15(21)19-12-6-8-20(9-7-12)16(18)22/h2-5,10,12H,6-9H2,1H3,(H2,18,22)(H,19,21)/b11-10-. The summed E-state index contributed by atoms with van der Waals surface area (Å²) < 4.78 is 0. The number of nitrogens with one attached hydrogen (secondary N) is 1. The molecule has 1 aliphatic rings. The molecule has 1 fully saturated rings. The Hall–Kier alpha value is -2.01. The highest BCUT2D eigenvalue weighted by atomic mass is 35.5. The molecule has 0 aromatic heterocycles. The lowest BCUT2D eigenvalue weighted by Crippen LogP contribution is -2.47. The lowest BCUT2D eigenvalue weighted by atomic mass is 10.0. The second-order valence-electron chi connectivity index (χ2n) is 5.42. The zero-order valence-electron chi connectivity index (χ0n) is 12.5. The monoisotopic (exact) mass is 321 g/mol. The van der Waals surface area contributed by atoms with Crippen LogP contribution in [0.3, 0.4) is 0 Å². The van der Waals surface area contributed by atoms with Crippen LogP contribution in [0.2, 0.25) is 5.02 Å². The number of nitrogens with zero attached hydrogens (tertiary/aromatic N) is 1. The van der Waals surface area contributed by atoms with Crippen molar-refractivity contribution < 1.29 is 9.59 Å². The Morgan fingerprint density at radius 2 is 1.95 bits per heavy atom. The van der Waals surface area contributed by atoms with E-state index in [0.29, 0.717) is 31.0 Å². The fraction of sp³-hybridized carbons (Fsp3) is 0.375. The number of nitrogens with two attached hydrogens (primary N) is 1. The van der Waals surface area contributed by atoms with Gasteiger partial charge in [-0.3, -0.25) is 4.79 Å². The van der Waals surface area contributed by atoms with E-state index in [-0.39, 0.29) is 11.9 Å². The van der Waals surface area contributed by atoms with Crippen molar-refractivity contribution in [2.75, 3.05) is 13.1 Å². The lowest BCUT2D eigenvalue weighted by molar-refractivity contribution is -0.117. The molecule has 118 valence electrons. The highest BCUT2D eigenvalue weighted by molar-refractivity contribution is 6.32. The summed E-state index contributed by atoms with van der Waals surface area (Å²) in [5.41, 5.74) is 6.90. The number of primary amides is 1. The predicted molar refractivity (Wildman–Crippen MR) is 87.4 cm³/mol. The third kappa shape index (κ3) is 4.24. The van der Waals surface area contributed by atoms with Crippen LogP contribution in [0.25, 0.3) is 5.57 Å². The molecule has 0 saturated carbocycles. The van der Waals surface area contributed by atoms with Gasteiger partial charge in [0.05, 0.1) is 0 Å². The largest absolute Gasteiger partial charge is 0.351 e. The van der Waals surface area contributed by atoms with Crippen LogP contribution in [0.1, 0.15) is 25.3 Å². The van der Waals surface area contributed by atoms with E-state index in [9.17, 15) is 9.59 Å². The topological polar surface area (TPSA) is 75.4 Å². The van der Waals surface area contributed by atoms with Crippen molar-refractivity contribution >= 4 is 29.1 Å². The minimum atomic E-state index is -0.403. The summed E-state index contributed by atoms with van der Waals surface area (Å²) in [5, 5.41) is 3.59. The first-order chi connectivity index (χ1) is 10.5. The molecule has 1 aromatic rings. The molecule has 0 bridgehead atoms. The number of carbonyl (C=O) groups is 2. The van der Waals surface area contributed by atoms with Crippen LogP contribution in [-0.4, -0.2) is 36.0 Å². The molecule has 0 radical (unpaired) electrons. The molecule has 0 aliphatic carbocycles. The first kappa shape index (κ1) is 16.4. The molecule has 1 saturated heterocycles. The van der Waals surface area contributed by atoms with Gasteiger partial charge in [-0.2, -0.15) is 0 Å². The van der Waals surface area contributed by atoms with Crippen LogP contribution >= 0.6 is 11.6 Å². The number of likely N-dealkylation sites (tertiary alicyclic amines) is 1. The summed E-state index contributed by atoms with van der Waals surface area (Å²) in [5.74, 6) is -0.144. The summed E-state index contributed by atoms with van der Waals surface area (Å²) in [4.78, 5) is 24.7. The van der Waals surface area contributed by atoms with Gasteiger partial charge in [-0.1, -0.05) is 29.8 Å². The number of carbonyl (C=O) groups excluding carboxylic acids is 2. The first-order valence-corrected chi connectivity index (χ1v) is 7.63. The molecule has 1 heterocycles. The number of hydrogen-bond donors (Lipinski definition) is 2. The van der Waals surface area contributed by atoms with Gasteiger partial charge in [0, 0.05) is 30.2 Å². The van der Waals surface area contributed by atoms with E-state index in [0.717, 1.165) is 11.1 Å². The van der Waals surface area contributed by atoms with Gasteiger partial charge in [0.2, 0.25) is 5.91 Å². The number of urea groups is 1. The van der Waals surface area contributed by atoms with Crippen molar-refractivity contribution in [3.63, 3.8) is 0 Å². The number of rotatable bonds is 3. The Kier molecular flexibility index (Phi) is 5.44. The Bertz CT molecular complexity index is 593. The summed E-state index contributed by atoms with van der Waals surface area (Å²) in [6, 6.07) is 7.08. The van der Waals surface area contributed by atoms with E-state index in [2.05, 4.69) is 5.32 Å². The summed E-state index contributed by atoms with van der Waals surface area (Å²) in [6.07, 6.45) is 2.99. The number of allylic oxidation sites excluding steroid dienone is 1. The maximum absolute atomic E-state index is 12.1. The highest BCUT2D eigenvalue weighted by Crippen LogP contribution is 2.22. The van der Waals surface area contributed by atoms with Crippen LogP contribution < -0.4 is 11.1 Å². The van der Waals surface area contributed by atoms with Gasteiger partial charge in [-0.15, -0.1) is 0 Å². The third-order valence-corrected chi connectivity index (χ3v) is 4.13. The minimum Gasteiger partial charge on any atom is -0.351 e. The molecular formula is C16H20ClN3O2. The smallest absolute Gasteiger partial charge is 0.314 e. The van der Waals surface area contributed by atoms with E-state index >= 15 is 0 Å². The van der Waals surface area contributed by atoms with Gasteiger partial charge in [-0.25, -0.2) is 4.79 Å². The highest BCUT2D eigenvalue weighted by Gasteiger charge is 2.21. The van der Waals surface area contributed by atoms with Crippen molar-refractivity contribution in [2.45, 2.75) is 25.8 Å². The molecule has 0 spiro atoms. The fourth-order valence-electron chi connectivity index (χ4n) is 2.54. The number of piperidine rings is 1. The number of hydrogen-bond acceptors (Lipinski definition) is 2. The molecule has 1 aliphatic heterocycles. The zero-order valence-corrected chi connectivity index (χ0v) is 13.3.